The zero-order valence-electron chi connectivity index (χ0n) is 19.1. The Hall–Kier alpha value is -3.82. The molecule has 1 N–H and O–H groups in total. The third-order valence-electron chi connectivity index (χ3n) is 5.87. The minimum Gasteiger partial charge on any atom is -0.486 e. The van der Waals surface area contributed by atoms with Crippen LogP contribution < -0.4 is 19.7 Å². The SMILES string of the molecule is C[C@H]1CCCN(c2ccc(C(=O)O[C@@H](C)C(=O)Nc3ccc4c(c3)OCCO4)cc2[N+](=O)[O-])C1. The van der Waals surface area contributed by atoms with Crippen molar-refractivity contribution in [3.8, 4) is 11.5 Å². The van der Waals surface area contributed by atoms with Crippen molar-refractivity contribution in [3.05, 3.63) is 52.1 Å². The van der Waals surface area contributed by atoms with Crippen LogP contribution in [0.2, 0.25) is 0 Å². The number of rotatable bonds is 6. The molecule has 2 aliphatic heterocycles. The van der Waals surface area contributed by atoms with Crippen LogP contribution in [0.1, 0.15) is 37.0 Å². The number of nitro benzene ring substituents is 1. The van der Waals surface area contributed by atoms with Gasteiger partial charge in [0.1, 0.15) is 18.9 Å². The molecule has 2 atom stereocenters. The molecule has 0 bridgehead atoms. The lowest BCUT2D eigenvalue weighted by Crippen LogP contribution is -2.34. The summed E-state index contributed by atoms with van der Waals surface area (Å²) < 4.78 is 16.2. The van der Waals surface area contributed by atoms with Crippen molar-refractivity contribution in [2.75, 3.05) is 36.5 Å². The summed E-state index contributed by atoms with van der Waals surface area (Å²) in [6, 6.07) is 9.25. The standard InChI is InChI=1S/C24H27N3O7/c1-15-4-3-9-26(14-15)19-7-5-17(12-20(19)27(30)31)24(29)34-16(2)23(28)25-18-6-8-21-22(13-18)33-11-10-32-21/h5-8,12-13,15-16H,3-4,9-11,14H2,1-2H3,(H,25,28)/t15-,16-/m0/s1. The number of fused-ring (bicyclic) bond motifs is 1. The molecule has 34 heavy (non-hydrogen) atoms. The van der Waals surface area contributed by atoms with Gasteiger partial charge in [0.2, 0.25) is 0 Å². The Balaban J connectivity index is 1.42. The first kappa shape index (κ1) is 23.3. The maximum atomic E-state index is 12.6. The Morgan fingerprint density at radius 2 is 1.94 bits per heavy atom. The Morgan fingerprint density at radius 3 is 2.68 bits per heavy atom. The molecule has 10 nitrogen and oxygen atoms in total. The van der Waals surface area contributed by atoms with Gasteiger partial charge < -0.3 is 24.4 Å². The van der Waals surface area contributed by atoms with Crippen LogP contribution in [0.4, 0.5) is 17.1 Å². The second kappa shape index (κ2) is 9.98. The summed E-state index contributed by atoms with van der Waals surface area (Å²) in [5.41, 5.74) is 0.807. The number of benzene rings is 2. The third kappa shape index (κ3) is 5.22. The van der Waals surface area contributed by atoms with Crippen LogP contribution in [0.3, 0.4) is 0 Å². The number of nitrogens with zero attached hydrogens (tertiary/aromatic N) is 2. The lowest BCUT2D eigenvalue weighted by Gasteiger charge is -2.32. The van der Waals surface area contributed by atoms with Gasteiger partial charge in [0.25, 0.3) is 11.6 Å². The molecule has 2 heterocycles. The third-order valence-corrected chi connectivity index (χ3v) is 5.87. The highest BCUT2D eigenvalue weighted by atomic mass is 16.6. The molecule has 0 saturated carbocycles. The fourth-order valence-corrected chi connectivity index (χ4v) is 4.12. The van der Waals surface area contributed by atoms with Crippen molar-refractivity contribution in [2.24, 2.45) is 5.92 Å². The molecule has 0 aliphatic carbocycles. The predicted octanol–water partition coefficient (Wildman–Crippen LogP) is 3.79. The highest BCUT2D eigenvalue weighted by Gasteiger charge is 2.27. The first-order valence-electron chi connectivity index (χ1n) is 11.3. The monoisotopic (exact) mass is 469 g/mol. The van der Waals surface area contributed by atoms with Crippen molar-refractivity contribution in [2.45, 2.75) is 32.8 Å². The number of esters is 1. The average molecular weight is 469 g/mol. The van der Waals surface area contributed by atoms with E-state index in [-0.39, 0.29) is 11.3 Å². The summed E-state index contributed by atoms with van der Waals surface area (Å²) in [5.74, 6) is 0.188. The van der Waals surface area contributed by atoms with Crippen LogP contribution in [0.25, 0.3) is 0 Å². The molecule has 1 saturated heterocycles. The van der Waals surface area contributed by atoms with Gasteiger partial charge in [0.15, 0.2) is 17.6 Å². The highest BCUT2D eigenvalue weighted by molar-refractivity contribution is 5.98. The molecule has 180 valence electrons. The number of ether oxygens (including phenoxy) is 3. The number of nitro groups is 1. The van der Waals surface area contributed by atoms with Crippen molar-refractivity contribution >= 4 is 28.9 Å². The summed E-state index contributed by atoms with van der Waals surface area (Å²) in [6.45, 7) is 5.88. The van der Waals surface area contributed by atoms with E-state index >= 15 is 0 Å². The number of piperidine rings is 1. The Kier molecular flexibility index (Phi) is 6.85. The molecule has 2 aromatic rings. The lowest BCUT2D eigenvalue weighted by atomic mass is 9.99. The van der Waals surface area contributed by atoms with Crippen LogP contribution in [0, 0.1) is 16.0 Å². The molecule has 2 aliphatic rings. The van der Waals surface area contributed by atoms with E-state index in [2.05, 4.69) is 12.2 Å². The number of nitrogens with one attached hydrogen (secondary N) is 1. The molecular formula is C24H27N3O7. The van der Waals surface area contributed by atoms with Gasteiger partial charge >= 0.3 is 5.97 Å². The summed E-state index contributed by atoms with van der Waals surface area (Å²) in [5, 5.41) is 14.4. The van der Waals surface area contributed by atoms with Gasteiger partial charge in [0.05, 0.1) is 10.5 Å². The van der Waals surface area contributed by atoms with E-state index in [1.54, 1.807) is 24.3 Å². The van der Waals surface area contributed by atoms with Crippen molar-refractivity contribution in [3.63, 3.8) is 0 Å². The second-order valence-electron chi connectivity index (χ2n) is 8.55. The van der Waals surface area contributed by atoms with E-state index in [4.69, 9.17) is 14.2 Å². The van der Waals surface area contributed by atoms with Crippen molar-refractivity contribution in [1.29, 1.82) is 0 Å². The largest absolute Gasteiger partial charge is 0.486 e. The van der Waals surface area contributed by atoms with Gasteiger partial charge in [-0.2, -0.15) is 0 Å². The number of anilines is 2. The second-order valence-corrected chi connectivity index (χ2v) is 8.55. The Bertz CT molecular complexity index is 1100. The van der Waals surface area contributed by atoms with Crippen molar-refractivity contribution in [1.82, 2.24) is 0 Å². The summed E-state index contributed by atoms with van der Waals surface area (Å²) >= 11 is 0. The molecule has 0 aromatic heterocycles. The molecule has 2 aromatic carbocycles. The molecule has 10 heteroatoms. The summed E-state index contributed by atoms with van der Waals surface area (Å²) in [4.78, 5) is 38.4. The van der Waals surface area contributed by atoms with E-state index in [0.29, 0.717) is 42.0 Å². The van der Waals surface area contributed by atoms with Gasteiger partial charge in [-0.1, -0.05) is 6.92 Å². The van der Waals surface area contributed by atoms with E-state index < -0.39 is 22.9 Å². The predicted molar refractivity (Wildman–Crippen MR) is 125 cm³/mol. The normalized spacial score (nSPS) is 18.1. The topological polar surface area (TPSA) is 120 Å². The van der Waals surface area contributed by atoms with Gasteiger partial charge in [0, 0.05) is 30.9 Å². The van der Waals surface area contributed by atoms with Crippen LogP contribution in [0.15, 0.2) is 36.4 Å². The molecule has 1 fully saturated rings. The van der Waals surface area contributed by atoms with Crippen molar-refractivity contribution < 1.29 is 28.7 Å². The number of carbonyl (C=O) groups excluding carboxylic acids is 2. The number of hydrogen-bond acceptors (Lipinski definition) is 8. The summed E-state index contributed by atoms with van der Waals surface area (Å²) in [6.07, 6.45) is 0.918. The van der Waals surface area contributed by atoms with Crippen LogP contribution in [-0.4, -0.2) is 49.2 Å². The molecule has 1 amide bonds. The highest BCUT2D eigenvalue weighted by Crippen LogP contribution is 2.34. The molecular weight excluding hydrogens is 442 g/mol. The minimum absolute atomic E-state index is 0.0134. The maximum absolute atomic E-state index is 12.6. The Morgan fingerprint density at radius 1 is 1.18 bits per heavy atom. The van der Waals surface area contributed by atoms with Gasteiger partial charge in [-0.3, -0.25) is 14.9 Å². The van der Waals surface area contributed by atoms with Gasteiger partial charge in [-0.05, 0) is 49.9 Å². The van der Waals surface area contributed by atoms with E-state index in [1.165, 1.54) is 19.1 Å². The zero-order valence-corrected chi connectivity index (χ0v) is 19.1. The van der Waals surface area contributed by atoms with Crippen LogP contribution in [0.5, 0.6) is 11.5 Å². The molecule has 0 radical (unpaired) electrons. The van der Waals surface area contributed by atoms with E-state index in [1.807, 2.05) is 4.90 Å². The number of hydrogen-bond donors (Lipinski definition) is 1. The van der Waals surface area contributed by atoms with Gasteiger partial charge in [-0.15, -0.1) is 0 Å². The fourth-order valence-electron chi connectivity index (χ4n) is 4.12. The molecule has 0 unspecified atom stereocenters. The molecule has 0 spiro atoms. The number of amides is 1. The van der Waals surface area contributed by atoms with Crippen LogP contribution >= 0.6 is 0 Å². The lowest BCUT2D eigenvalue weighted by molar-refractivity contribution is -0.384. The maximum Gasteiger partial charge on any atom is 0.339 e. The summed E-state index contributed by atoms with van der Waals surface area (Å²) in [7, 11) is 0. The van der Waals surface area contributed by atoms with E-state index in [9.17, 15) is 19.7 Å². The van der Waals surface area contributed by atoms with Crippen LogP contribution in [-0.2, 0) is 9.53 Å². The average Bonchev–Trinajstić information content (AvgIpc) is 2.83. The fraction of sp³-hybridized carbons (Fsp3) is 0.417. The molecule has 4 rings (SSSR count). The quantitative estimate of drug-likeness (QED) is 0.385. The van der Waals surface area contributed by atoms with Gasteiger partial charge in [-0.25, -0.2) is 4.79 Å². The first-order valence-corrected chi connectivity index (χ1v) is 11.3. The Labute approximate surface area is 196 Å². The first-order chi connectivity index (χ1) is 16.3. The smallest absolute Gasteiger partial charge is 0.339 e. The minimum atomic E-state index is -1.12. The van der Waals surface area contributed by atoms with E-state index in [0.717, 1.165) is 25.9 Å². The zero-order chi connectivity index (χ0) is 24.2. The number of carbonyl (C=O) groups is 2.